The first-order chi connectivity index (χ1) is 10.1. The van der Waals surface area contributed by atoms with Crippen LogP contribution in [0.5, 0.6) is 0 Å². The van der Waals surface area contributed by atoms with Crippen molar-refractivity contribution in [3.05, 3.63) is 52.1 Å². The molecular formula is C14H12BrN5O. The minimum atomic E-state index is -0.263. The number of carbonyl (C=O) groups is 1. The first-order valence-corrected chi connectivity index (χ1v) is 6.76. The van der Waals surface area contributed by atoms with Gasteiger partial charge in [0.15, 0.2) is 5.82 Å². The minimum absolute atomic E-state index is 0.263. The molecule has 1 aromatic heterocycles. The van der Waals surface area contributed by atoms with E-state index in [9.17, 15) is 4.79 Å². The SMILES string of the molecule is CN(C(=O)c1cc(Br)cnc1NN)c1ccc(C#N)cc1. The van der Waals surface area contributed by atoms with E-state index in [1.807, 2.05) is 6.07 Å². The van der Waals surface area contributed by atoms with E-state index in [4.69, 9.17) is 11.1 Å². The second-order valence-electron chi connectivity index (χ2n) is 4.22. The number of benzene rings is 1. The fraction of sp³-hybridized carbons (Fsp3) is 0.0714. The van der Waals surface area contributed by atoms with Crippen LogP contribution in [0.1, 0.15) is 15.9 Å². The van der Waals surface area contributed by atoms with Crippen molar-refractivity contribution in [3.8, 4) is 6.07 Å². The van der Waals surface area contributed by atoms with Gasteiger partial charge >= 0.3 is 0 Å². The zero-order chi connectivity index (χ0) is 15.4. The lowest BCUT2D eigenvalue weighted by Gasteiger charge is -2.18. The predicted octanol–water partition coefficient (Wildman–Crippen LogP) is 2.28. The average molecular weight is 346 g/mol. The summed E-state index contributed by atoms with van der Waals surface area (Å²) in [6, 6.07) is 10.4. The van der Waals surface area contributed by atoms with Crippen LogP contribution in [0.15, 0.2) is 41.0 Å². The number of halogens is 1. The fourth-order valence-electron chi connectivity index (χ4n) is 1.77. The molecule has 0 saturated heterocycles. The van der Waals surface area contributed by atoms with Gasteiger partial charge in [0.1, 0.15) is 0 Å². The highest BCUT2D eigenvalue weighted by atomic mass is 79.9. The molecule has 0 atom stereocenters. The number of aromatic nitrogens is 1. The van der Waals surface area contributed by atoms with Gasteiger partial charge < -0.3 is 10.3 Å². The van der Waals surface area contributed by atoms with Crippen LogP contribution >= 0.6 is 15.9 Å². The molecule has 0 aliphatic heterocycles. The monoisotopic (exact) mass is 345 g/mol. The second kappa shape index (κ2) is 6.35. The van der Waals surface area contributed by atoms with Crippen molar-refractivity contribution in [2.75, 3.05) is 17.4 Å². The van der Waals surface area contributed by atoms with E-state index in [0.29, 0.717) is 27.1 Å². The number of amides is 1. The number of hydrogen-bond acceptors (Lipinski definition) is 5. The zero-order valence-electron chi connectivity index (χ0n) is 11.2. The van der Waals surface area contributed by atoms with Gasteiger partial charge in [0.05, 0.1) is 17.2 Å². The lowest BCUT2D eigenvalue weighted by atomic mass is 10.2. The highest BCUT2D eigenvalue weighted by Crippen LogP contribution is 2.22. The van der Waals surface area contributed by atoms with Crippen LogP contribution in [0.3, 0.4) is 0 Å². The van der Waals surface area contributed by atoms with Gasteiger partial charge in [0.25, 0.3) is 5.91 Å². The Bertz CT molecular complexity index is 708. The third-order valence-corrected chi connectivity index (χ3v) is 3.34. The summed E-state index contributed by atoms with van der Waals surface area (Å²) in [4.78, 5) is 18.0. The van der Waals surface area contributed by atoms with Crippen LogP contribution in [0, 0.1) is 11.3 Å². The van der Waals surface area contributed by atoms with E-state index in [1.54, 1.807) is 43.6 Å². The van der Waals surface area contributed by atoms with E-state index in [0.717, 1.165) is 0 Å². The van der Waals surface area contributed by atoms with E-state index < -0.39 is 0 Å². The van der Waals surface area contributed by atoms with Gasteiger partial charge in [-0.1, -0.05) is 0 Å². The van der Waals surface area contributed by atoms with Gasteiger partial charge in [-0.05, 0) is 46.3 Å². The number of pyridine rings is 1. The lowest BCUT2D eigenvalue weighted by Crippen LogP contribution is -2.28. The Hall–Kier alpha value is -2.43. The van der Waals surface area contributed by atoms with Gasteiger partial charge in [0.2, 0.25) is 0 Å². The van der Waals surface area contributed by atoms with Crippen LogP contribution in [0.2, 0.25) is 0 Å². The van der Waals surface area contributed by atoms with Crippen molar-refractivity contribution in [2.24, 2.45) is 5.84 Å². The van der Waals surface area contributed by atoms with Gasteiger partial charge in [-0.25, -0.2) is 10.8 Å². The van der Waals surface area contributed by atoms with E-state index in [2.05, 4.69) is 26.3 Å². The molecule has 3 N–H and O–H groups in total. The number of nitrogens with one attached hydrogen (secondary N) is 1. The normalized spacial score (nSPS) is 9.81. The highest BCUT2D eigenvalue weighted by molar-refractivity contribution is 9.10. The van der Waals surface area contributed by atoms with Crippen LogP contribution in [0.4, 0.5) is 11.5 Å². The van der Waals surface area contributed by atoms with Crippen molar-refractivity contribution in [2.45, 2.75) is 0 Å². The fourth-order valence-corrected chi connectivity index (χ4v) is 2.11. The summed E-state index contributed by atoms with van der Waals surface area (Å²) in [5.41, 5.74) is 3.96. The number of rotatable bonds is 3. The van der Waals surface area contributed by atoms with Crippen LogP contribution < -0.4 is 16.2 Å². The smallest absolute Gasteiger partial charge is 0.261 e. The zero-order valence-corrected chi connectivity index (χ0v) is 12.8. The Morgan fingerprint density at radius 3 is 2.67 bits per heavy atom. The molecule has 0 saturated carbocycles. The maximum atomic E-state index is 12.5. The molecule has 2 rings (SSSR count). The van der Waals surface area contributed by atoms with Crippen LogP contribution in [-0.2, 0) is 0 Å². The molecule has 0 radical (unpaired) electrons. The van der Waals surface area contributed by atoms with Crippen molar-refractivity contribution >= 4 is 33.3 Å². The van der Waals surface area contributed by atoms with E-state index in [1.165, 1.54) is 4.90 Å². The number of carbonyl (C=O) groups excluding carboxylic acids is 1. The molecule has 1 amide bonds. The van der Waals surface area contributed by atoms with Crippen molar-refractivity contribution in [1.82, 2.24) is 4.98 Å². The summed E-state index contributed by atoms with van der Waals surface area (Å²) in [5.74, 6) is 5.41. The third kappa shape index (κ3) is 3.18. The number of hydrazine groups is 1. The average Bonchev–Trinajstić information content (AvgIpc) is 2.53. The van der Waals surface area contributed by atoms with Crippen LogP contribution in [-0.4, -0.2) is 17.9 Å². The van der Waals surface area contributed by atoms with Gasteiger partial charge in [-0.15, -0.1) is 0 Å². The molecule has 6 nitrogen and oxygen atoms in total. The number of nitriles is 1. The summed E-state index contributed by atoms with van der Waals surface area (Å²) < 4.78 is 0.679. The topological polar surface area (TPSA) is 95.0 Å². The summed E-state index contributed by atoms with van der Waals surface area (Å²) in [5, 5.41) is 8.79. The Morgan fingerprint density at radius 1 is 1.43 bits per heavy atom. The highest BCUT2D eigenvalue weighted by Gasteiger charge is 2.18. The molecule has 0 aliphatic rings. The maximum Gasteiger partial charge on any atom is 0.261 e. The van der Waals surface area contributed by atoms with Gasteiger partial charge in [-0.3, -0.25) is 4.79 Å². The Balaban J connectivity index is 2.34. The molecule has 0 aliphatic carbocycles. The quantitative estimate of drug-likeness (QED) is 0.657. The van der Waals surface area contributed by atoms with Gasteiger partial charge in [0, 0.05) is 23.4 Å². The largest absolute Gasteiger partial charge is 0.311 e. The first kappa shape index (κ1) is 15.0. The minimum Gasteiger partial charge on any atom is -0.311 e. The Kier molecular flexibility index (Phi) is 4.52. The summed E-state index contributed by atoms with van der Waals surface area (Å²) in [6.45, 7) is 0. The number of nitrogen functional groups attached to an aromatic ring is 1. The molecule has 0 fully saturated rings. The lowest BCUT2D eigenvalue weighted by molar-refractivity contribution is 0.0993. The molecule has 1 heterocycles. The number of anilines is 2. The first-order valence-electron chi connectivity index (χ1n) is 5.97. The Labute approximate surface area is 130 Å². The van der Waals surface area contributed by atoms with E-state index in [-0.39, 0.29) is 5.91 Å². The molecule has 1 aromatic carbocycles. The second-order valence-corrected chi connectivity index (χ2v) is 5.13. The van der Waals surface area contributed by atoms with Gasteiger partial charge in [-0.2, -0.15) is 5.26 Å². The van der Waals surface area contributed by atoms with Crippen molar-refractivity contribution < 1.29 is 4.79 Å². The summed E-state index contributed by atoms with van der Waals surface area (Å²) in [7, 11) is 1.64. The number of nitrogens with two attached hydrogens (primary N) is 1. The summed E-state index contributed by atoms with van der Waals surface area (Å²) >= 11 is 3.28. The number of hydrogen-bond donors (Lipinski definition) is 2. The molecule has 0 spiro atoms. The summed E-state index contributed by atoms with van der Waals surface area (Å²) in [6.07, 6.45) is 1.55. The van der Waals surface area contributed by atoms with E-state index >= 15 is 0 Å². The Morgan fingerprint density at radius 2 is 2.10 bits per heavy atom. The predicted molar refractivity (Wildman–Crippen MR) is 83.6 cm³/mol. The maximum absolute atomic E-state index is 12.5. The molecule has 2 aromatic rings. The molecule has 106 valence electrons. The third-order valence-electron chi connectivity index (χ3n) is 2.91. The molecule has 0 unspecified atom stereocenters. The number of nitrogens with zero attached hydrogens (tertiary/aromatic N) is 3. The molecule has 0 bridgehead atoms. The standard InChI is InChI=1S/C14H12BrN5O/c1-20(11-4-2-9(7-16)3-5-11)14(21)12-6-10(15)8-18-13(12)19-17/h2-6,8H,17H2,1H3,(H,18,19). The van der Waals surface area contributed by atoms with Crippen LogP contribution in [0.25, 0.3) is 0 Å². The molecule has 21 heavy (non-hydrogen) atoms. The molecular weight excluding hydrogens is 334 g/mol. The van der Waals surface area contributed by atoms with Crippen molar-refractivity contribution in [3.63, 3.8) is 0 Å². The van der Waals surface area contributed by atoms with Crippen molar-refractivity contribution in [1.29, 1.82) is 5.26 Å². The molecule has 7 heteroatoms.